The maximum atomic E-state index is 11.5. The third-order valence-corrected chi connectivity index (χ3v) is 2.84. The molecule has 1 aliphatic carbocycles. The Bertz CT molecular complexity index is 659. The fourth-order valence-corrected chi connectivity index (χ4v) is 2.05. The first-order valence-corrected chi connectivity index (χ1v) is 4.98. The second-order valence-electron chi connectivity index (χ2n) is 3.75. The summed E-state index contributed by atoms with van der Waals surface area (Å²) in [6, 6.07) is 3.55. The van der Waals surface area contributed by atoms with E-state index in [1.165, 1.54) is 0 Å². The van der Waals surface area contributed by atoms with Crippen LogP contribution in [0.4, 0.5) is 0 Å². The van der Waals surface area contributed by atoms with Crippen molar-refractivity contribution >= 4 is 0 Å². The normalized spacial score (nSPS) is 12.7. The van der Waals surface area contributed by atoms with Crippen molar-refractivity contribution in [3.05, 3.63) is 39.6 Å². The largest absolute Gasteiger partial charge is 0.348 e. The minimum atomic E-state index is -0.350. The van der Waals surface area contributed by atoms with Gasteiger partial charge >= 0.3 is 0 Å². The predicted octanol–water partition coefficient (Wildman–Crippen LogP) is 0.735. The number of nitriles is 1. The zero-order chi connectivity index (χ0) is 11.1. The van der Waals surface area contributed by atoms with E-state index in [1.807, 2.05) is 6.07 Å². The molecule has 2 aromatic rings. The quantitative estimate of drug-likeness (QED) is 0.675. The molecule has 3 rings (SSSR count). The summed E-state index contributed by atoms with van der Waals surface area (Å²) in [5, 5.41) is 8.78. The van der Waals surface area contributed by atoms with Gasteiger partial charge in [0.1, 0.15) is 17.3 Å². The van der Waals surface area contributed by atoms with Crippen molar-refractivity contribution in [3.63, 3.8) is 0 Å². The molecule has 5 heteroatoms. The fraction of sp³-hybridized carbons (Fsp3) is 0.182. The number of H-pyrrole nitrogens is 2. The van der Waals surface area contributed by atoms with Crippen molar-refractivity contribution in [2.75, 3.05) is 0 Å². The number of nitrogens with zero attached hydrogens (tertiary/aromatic N) is 2. The lowest BCUT2D eigenvalue weighted by Crippen LogP contribution is -2.16. The van der Waals surface area contributed by atoms with Crippen molar-refractivity contribution in [2.45, 2.75) is 12.8 Å². The average Bonchev–Trinajstić information content (AvgIpc) is 2.76. The molecule has 0 aliphatic heterocycles. The number of aromatic nitrogens is 3. The summed E-state index contributed by atoms with van der Waals surface area (Å²) in [5.74, 6) is 0. The standard InChI is InChI=1S/C11H8N4O/c12-4-7-3-6-1-2-8-10(14-5-13-8)9(6)15-11(7)16/h3,5H,1-2H2,(H,13,14)(H,15,16). The van der Waals surface area contributed by atoms with Crippen LogP contribution in [0.2, 0.25) is 0 Å². The second-order valence-corrected chi connectivity index (χ2v) is 3.75. The van der Waals surface area contributed by atoms with Crippen LogP contribution < -0.4 is 5.56 Å². The third-order valence-electron chi connectivity index (χ3n) is 2.84. The average molecular weight is 212 g/mol. The fourth-order valence-electron chi connectivity index (χ4n) is 2.05. The van der Waals surface area contributed by atoms with Crippen molar-refractivity contribution < 1.29 is 0 Å². The molecule has 0 fully saturated rings. The molecule has 0 bridgehead atoms. The van der Waals surface area contributed by atoms with Crippen molar-refractivity contribution in [1.82, 2.24) is 15.0 Å². The van der Waals surface area contributed by atoms with E-state index in [0.29, 0.717) is 0 Å². The lowest BCUT2D eigenvalue weighted by molar-refractivity contribution is 0.891. The molecule has 5 nitrogen and oxygen atoms in total. The Morgan fingerprint density at radius 1 is 1.44 bits per heavy atom. The van der Waals surface area contributed by atoms with E-state index < -0.39 is 0 Å². The number of rotatable bonds is 0. The number of nitrogens with one attached hydrogen (secondary N) is 2. The van der Waals surface area contributed by atoms with Crippen LogP contribution in [-0.2, 0) is 12.8 Å². The monoisotopic (exact) mass is 212 g/mol. The highest BCUT2D eigenvalue weighted by atomic mass is 16.1. The van der Waals surface area contributed by atoms with Gasteiger partial charge in [0, 0.05) is 5.69 Å². The maximum absolute atomic E-state index is 11.5. The summed E-state index contributed by atoms with van der Waals surface area (Å²) < 4.78 is 0. The molecule has 2 N–H and O–H groups in total. The van der Waals surface area contributed by atoms with Crippen LogP contribution in [0.1, 0.15) is 16.8 Å². The van der Waals surface area contributed by atoms with Crippen LogP contribution in [0, 0.1) is 11.3 Å². The molecule has 0 unspecified atom stereocenters. The summed E-state index contributed by atoms with van der Waals surface area (Å²) >= 11 is 0. The highest BCUT2D eigenvalue weighted by molar-refractivity contribution is 5.64. The summed E-state index contributed by atoms with van der Waals surface area (Å²) in [7, 11) is 0. The van der Waals surface area contributed by atoms with E-state index in [0.717, 1.165) is 35.5 Å². The Morgan fingerprint density at radius 2 is 2.31 bits per heavy atom. The van der Waals surface area contributed by atoms with Gasteiger partial charge in [0.2, 0.25) is 0 Å². The van der Waals surface area contributed by atoms with Gasteiger partial charge in [0.25, 0.3) is 5.56 Å². The number of aryl methyl sites for hydroxylation is 2. The lowest BCUT2D eigenvalue weighted by atomic mass is 9.96. The van der Waals surface area contributed by atoms with Crippen LogP contribution >= 0.6 is 0 Å². The molecular formula is C11H8N4O. The number of pyridine rings is 1. The predicted molar refractivity (Wildman–Crippen MR) is 56.8 cm³/mol. The Kier molecular flexibility index (Phi) is 1.71. The zero-order valence-electron chi connectivity index (χ0n) is 8.37. The van der Waals surface area contributed by atoms with Gasteiger partial charge in [-0.2, -0.15) is 5.26 Å². The Hall–Kier alpha value is -2.35. The maximum Gasteiger partial charge on any atom is 0.266 e. The van der Waals surface area contributed by atoms with E-state index in [9.17, 15) is 4.79 Å². The highest BCUT2D eigenvalue weighted by Crippen LogP contribution is 2.28. The second kappa shape index (κ2) is 3.07. The molecule has 0 amide bonds. The minimum absolute atomic E-state index is 0.165. The van der Waals surface area contributed by atoms with Crippen molar-refractivity contribution in [2.24, 2.45) is 0 Å². The zero-order valence-corrected chi connectivity index (χ0v) is 8.37. The van der Waals surface area contributed by atoms with Gasteiger partial charge in [-0.25, -0.2) is 4.98 Å². The van der Waals surface area contributed by atoms with Gasteiger partial charge in [0.15, 0.2) is 0 Å². The number of aromatic amines is 2. The summed E-state index contributed by atoms with van der Waals surface area (Å²) in [5.41, 5.74) is 3.37. The minimum Gasteiger partial charge on any atom is -0.348 e. The molecule has 2 heterocycles. The van der Waals surface area contributed by atoms with Crippen LogP contribution in [-0.4, -0.2) is 15.0 Å². The van der Waals surface area contributed by atoms with E-state index in [1.54, 1.807) is 12.4 Å². The molecular weight excluding hydrogens is 204 g/mol. The van der Waals surface area contributed by atoms with Gasteiger partial charge in [-0.15, -0.1) is 0 Å². The number of hydrogen-bond donors (Lipinski definition) is 2. The number of fused-ring (bicyclic) bond motifs is 3. The highest BCUT2D eigenvalue weighted by Gasteiger charge is 2.20. The SMILES string of the molecule is N#Cc1cc2c([nH]c1=O)-c1nc[nH]c1CC2. The van der Waals surface area contributed by atoms with Crippen molar-refractivity contribution in [3.8, 4) is 17.5 Å². The smallest absolute Gasteiger partial charge is 0.266 e. The van der Waals surface area contributed by atoms with Crippen LogP contribution in [0.25, 0.3) is 11.4 Å². The molecule has 1 aliphatic rings. The van der Waals surface area contributed by atoms with Gasteiger partial charge in [-0.3, -0.25) is 4.79 Å². The molecule has 2 aromatic heterocycles. The molecule has 0 aromatic carbocycles. The number of imidazole rings is 1. The topological polar surface area (TPSA) is 85.3 Å². The molecule has 0 atom stereocenters. The Labute approximate surface area is 90.8 Å². The molecule has 0 saturated carbocycles. The first kappa shape index (κ1) is 8.92. The molecule has 78 valence electrons. The van der Waals surface area contributed by atoms with E-state index >= 15 is 0 Å². The number of hydrogen-bond acceptors (Lipinski definition) is 3. The Balaban J connectivity index is 2.32. The molecule has 16 heavy (non-hydrogen) atoms. The van der Waals surface area contributed by atoms with Gasteiger partial charge in [-0.1, -0.05) is 0 Å². The van der Waals surface area contributed by atoms with E-state index in [4.69, 9.17) is 5.26 Å². The summed E-state index contributed by atoms with van der Waals surface area (Å²) in [4.78, 5) is 21.5. The van der Waals surface area contributed by atoms with Crippen LogP contribution in [0.15, 0.2) is 17.2 Å². The van der Waals surface area contributed by atoms with Gasteiger partial charge < -0.3 is 9.97 Å². The van der Waals surface area contributed by atoms with Crippen LogP contribution in [0.5, 0.6) is 0 Å². The van der Waals surface area contributed by atoms with Crippen LogP contribution in [0.3, 0.4) is 0 Å². The van der Waals surface area contributed by atoms with Gasteiger partial charge in [-0.05, 0) is 24.5 Å². The molecule has 0 saturated heterocycles. The van der Waals surface area contributed by atoms with E-state index in [-0.39, 0.29) is 11.1 Å². The summed E-state index contributed by atoms with van der Waals surface area (Å²) in [6.07, 6.45) is 3.30. The summed E-state index contributed by atoms with van der Waals surface area (Å²) in [6.45, 7) is 0. The molecule has 0 radical (unpaired) electrons. The third kappa shape index (κ3) is 1.10. The van der Waals surface area contributed by atoms with E-state index in [2.05, 4.69) is 15.0 Å². The first-order valence-electron chi connectivity index (χ1n) is 4.98. The first-order chi connectivity index (χ1) is 7.79. The van der Waals surface area contributed by atoms with Crippen molar-refractivity contribution in [1.29, 1.82) is 5.26 Å². The Morgan fingerprint density at radius 3 is 3.12 bits per heavy atom. The lowest BCUT2D eigenvalue weighted by Gasteiger charge is -2.14. The molecule has 0 spiro atoms. The van der Waals surface area contributed by atoms with Gasteiger partial charge in [0.05, 0.1) is 12.0 Å².